The maximum absolute atomic E-state index is 13.1. The second kappa shape index (κ2) is 5.30. The van der Waals surface area contributed by atoms with Crippen molar-refractivity contribution in [3.05, 3.63) is 54.6 Å². The Morgan fingerprint density at radius 2 is 1.90 bits per heavy atom. The van der Waals surface area contributed by atoms with Crippen molar-refractivity contribution in [1.29, 1.82) is 0 Å². The monoisotopic (exact) mass is 271 g/mol. The molecule has 0 atom stereocenters. The van der Waals surface area contributed by atoms with Crippen LogP contribution in [0, 0.1) is 5.82 Å². The van der Waals surface area contributed by atoms with Gasteiger partial charge in [0.05, 0.1) is 12.3 Å². The van der Waals surface area contributed by atoms with Gasteiger partial charge in [-0.25, -0.2) is 9.37 Å². The van der Waals surface area contributed by atoms with Gasteiger partial charge in [0.25, 0.3) is 0 Å². The molecular formula is C15H13FN2O2. The lowest BCUT2D eigenvalue weighted by Gasteiger charge is -2.04. The Kier molecular flexibility index (Phi) is 3.35. The lowest BCUT2D eigenvalue weighted by molar-refractivity contribution is 0.201. The van der Waals surface area contributed by atoms with Crippen molar-refractivity contribution in [1.82, 2.24) is 9.38 Å². The van der Waals surface area contributed by atoms with Gasteiger partial charge in [-0.05, 0) is 36.4 Å². The Morgan fingerprint density at radius 1 is 1.10 bits per heavy atom. The molecule has 2 heterocycles. The number of hydrogen-bond acceptors (Lipinski definition) is 3. The van der Waals surface area contributed by atoms with Gasteiger partial charge in [0.1, 0.15) is 23.8 Å². The van der Waals surface area contributed by atoms with E-state index in [-0.39, 0.29) is 19.0 Å². The van der Waals surface area contributed by atoms with Crippen molar-refractivity contribution >= 4 is 5.65 Å². The summed E-state index contributed by atoms with van der Waals surface area (Å²) < 4.78 is 20.1. The summed E-state index contributed by atoms with van der Waals surface area (Å²) in [5, 5.41) is 8.69. The molecular weight excluding hydrogens is 258 g/mol. The summed E-state index contributed by atoms with van der Waals surface area (Å²) in [6, 6.07) is 10.4. The first-order valence-corrected chi connectivity index (χ1v) is 6.24. The summed E-state index contributed by atoms with van der Waals surface area (Å²) >= 11 is 0. The molecule has 0 amide bonds. The molecule has 0 bridgehead atoms. The van der Waals surface area contributed by atoms with Gasteiger partial charge in [-0.2, -0.15) is 0 Å². The molecule has 0 aliphatic rings. The molecule has 4 nitrogen and oxygen atoms in total. The third-order valence-electron chi connectivity index (χ3n) is 2.93. The Labute approximate surface area is 115 Å². The summed E-state index contributed by atoms with van der Waals surface area (Å²) in [6.45, 7) is 0.257. The molecule has 3 rings (SSSR count). The number of benzene rings is 1. The minimum Gasteiger partial charge on any atom is -0.491 e. The Balaban J connectivity index is 1.90. The van der Waals surface area contributed by atoms with Crippen molar-refractivity contribution in [3.63, 3.8) is 0 Å². The second-order valence-corrected chi connectivity index (χ2v) is 4.34. The normalized spacial score (nSPS) is 10.9. The molecule has 1 N–H and O–H groups in total. The van der Waals surface area contributed by atoms with Crippen molar-refractivity contribution < 1.29 is 14.2 Å². The average Bonchev–Trinajstić information content (AvgIpc) is 2.88. The van der Waals surface area contributed by atoms with Gasteiger partial charge < -0.3 is 14.2 Å². The number of hydrogen-bond donors (Lipinski definition) is 1. The van der Waals surface area contributed by atoms with Crippen LogP contribution in [0.3, 0.4) is 0 Å². The van der Waals surface area contributed by atoms with E-state index in [1.807, 2.05) is 24.3 Å². The number of nitrogens with zero attached hydrogens (tertiary/aromatic N) is 2. The van der Waals surface area contributed by atoms with Gasteiger partial charge >= 0.3 is 0 Å². The zero-order valence-corrected chi connectivity index (χ0v) is 10.7. The first-order valence-electron chi connectivity index (χ1n) is 6.24. The van der Waals surface area contributed by atoms with E-state index in [9.17, 15) is 4.39 Å². The maximum atomic E-state index is 13.1. The molecule has 5 heteroatoms. The van der Waals surface area contributed by atoms with E-state index in [0.29, 0.717) is 11.4 Å². The zero-order chi connectivity index (χ0) is 13.9. The smallest absolute Gasteiger partial charge is 0.139 e. The first kappa shape index (κ1) is 12.6. The molecule has 2 aromatic heterocycles. The molecule has 0 unspecified atom stereocenters. The number of halogens is 1. The third-order valence-corrected chi connectivity index (χ3v) is 2.93. The Bertz CT molecular complexity index is 722. The van der Waals surface area contributed by atoms with Gasteiger partial charge in [-0.3, -0.25) is 0 Å². The number of rotatable bonds is 4. The van der Waals surface area contributed by atoms with E-state index >= 15 is 0 Å². The summed E-state index contributed by atoms with van der Waals surface area (Å²) in [5.41, 5.74) is 2.39. The van der Waals surface area contributed by atoms with Crippen LogP contribution in [-0.2, 0) is 0 Å². The summed E-state index contributed by atoms with van der Waals surface area (Å²) in [7, 11) is 0. The van der Waals surface area contributed by atoms with Crippen LogP contribution in [0.2, 0.25) is 0 Å². The highest BCUT2D eigenvalue weighted by Crippen LogP contribution is 2.22. The highest BCUT2D eigenvalue weighted by Gasteiger charge is 2.05. The van der Waals surface area contributed by atoms with Crippen LogP contribution in [0.4, 0.5) is 4.39 Å². The van der Waals surface area contributed by atoms with E-state index in [4.69, 9.17) is 9.84 Å². The van der Waals surface area contributed by atoms with Crippen molar-refractivity contribution in [2.45, 2.75) is 0 Å². The van der Waals surface area contributed by atoms with Crippen LogP contribution < -0.4 is 4.74 Å². The van der Waals surface area contributed by atoms with Crippen LogP contribution in [0.1, 0.15) is 0 Å². The number of aliphatic hydroxyl groups is 1. The molecule has 0 spiro atoms. The number of aromatic nitrogens is 2. The number of imidazole rings is 1. The third kappa shape index (κ3) is 2.48. The standard InChI is InChI=1S/C15H13FN2O2/c16-12-3-6-15-17-14(10-18(15)9-12)11-1-4-13(5-2-11)20-8-7-19/h1-6,9-10,19H,7-8H2/i16-1. The first-order chi connectivity index (χ1) is 9.76. The lowest BCUT2D eigenvalue weighted by Crippen LogP contribution is -2.01. The molecule has 3 aromatic rings. The zero-order valence-electron chi connectivity index (χ0n) is 10.7. The fraction of sp³-hybridized carbons (Fsp3) is 0.133. The Morgan fingerprint density at radius 3 is 2.65 bits per heavy atom. The van der Waals surface area contributed by atoms with Gasteiger partial charge in [0, 0.05) is 18.0 Å². The molecule has 0 saturated carbocycles. The van der Waals surface area contributed by atoms with Crippen LogP contribution in [0.25, 0.3) is 16.9 Å². The molecule has 0 radical (unpaired) electrons. The topological polar surface area (TPSA) is 46.8 Å². The molecule has 20 heavy (non-hydrogen) atoms. The average molecular weight is 271 g/mol. The number of aliphatic hydroxyl groups excluding tert-OH is 1. The predicted octanol–water partition coefficient (Wildman–Crippen LogP) is 2.51. The van der Waals surface area contributed by atoms with Crippen LogP contribution >= 0.6 is 0 Å². The van der Waals surface area contributed by atoms with Crippen LogP contribution in [-0.4, -0.2) is 27.7 Å². The molecule has 0 aliphatic heterocycles. The highest BCUT2D eigenvalue weighted by atomic mass is 18.2. The fourth-order valence-electron chi connectivity index (χ4n) is 1.99. The van der Waals surface area contributed by atoms with E-state index in [2.05, 4.69) is 4.98 Å². The predicted molar refractivity (Wildman–Crippen MR) is 73.2 cm³/mol. The number of pyridine rings is 1. The molecule has 1 aromatic carbocycles. The summed E-state index contributed by atoms with van der Waals surface area (Å²) in [4.78, 5) is 4.43. The van der Waals surface area contributed by atoms with Gasteiger partial charge in [-0.15, -0.1) is 0 Å². The van der Waals surface area contributed by atoms with Crippen molar-refractivity contribution in [2.75, 3.05) is 13.2 Å². The SMILES string of the molecule is OCCOc1ccc(-c2cn3cc([18F])ccc3n2)cc1. The van der Waals surface area contributed by atoms with Gasteiger partial charge in [0.2, 0.25) is 0 Å². The van der Waals surface area contributed by atoms with E-state index < -0.39 is 0 Å². The van der Waals surface area contributed by atoms with Crippen molar-refractivity contribution in [3.8, 4) is 17.0 Å². The molecule has 102 valence electrons. The van der Waals surface area contributed by atoms with Crippen LogP contribution in [0.5, 0.6) is 5.75 Å². The highest BCUT2D eigenvalue weighted by molar-refractivity contribution is 5.63. The lowest BCUT2D eigenvalue weighted by atomic mass is 10.2. The fourth-order valence-corrected chi connectivity index (χ4v) is 1.99. The van der Waals surface area contributed by atoms with Crippen LogP contribution in [0.15, 0.2) is 48.8 Å². The minimum absolute atomic E-state index is 0.0141. The summed E-state index contributed by atoms with van der Waals surface area (Å²) in [5.74, 6) is 0.395. The van der Waals surface area contributed by atoms with E-state index in [1.165, 1.54) is 12.3 Å². The molecule has 0 saturated heterocycles. The molecule has 0 fully saturated rings. The number of ether oxygens (including phenoxy) is 1. The largest absolute Gasteiger partial charge is 0.491 e. The quantitative estimate of drug-likeness (QED) is 0.793. The maximum Gasteiger partial charge on any atom is 0.139 e. The number of fused-ring (bicyclic) bond motifs is 1. The summed E-state index contributed by atoms with van der Waals surface area (Å²) in [6.07, 6.45) is 3.17. The second-order valence-electron chi connectivity index (χ2n) is 4.34. The van der Waals surface area contributed by atoms with E-state index in [0.717, 1.165) is 11.3 Å². The van der Waals surface area contributed by atoms with Gasteiger partial charge in [0.15, 0.2) is 0 Å². The van der Waals surface area contributed by atoms with Gasteiger partial charge in [-0.1, -0.05) is 0 Å². The Hall–Kier alpha value is -2.40. The van der Waals surface area contributed by atoms with E-state index in [1.54, 1.807) is 16.7 Å². The van der Waals surface area contributed by atoms with Crippen molar-refractivity contribution in [2.24, 2.45) is 0 Å². The minimum atomic E-state index is -0.297. The molecule has 0 aliphatic carbocycles.